The Morgan fingerprint density at radius 3 is 2.67 bits per heavy atom. The van der Waals surface area contributed by atoms with Gasteiger partial charge in [-0.1, -0.05) is 17.8 Å². The van der Waals surface area contributed by atoms with E-state index in [0.29, 0.717) is 10.9 Å². The van der Waals surface area contributed by atoms with Gasteiger partial charge in [0.2, 0.25) is 11.2 Å². The predicted octanol–water partition coefficient (Wildman–Crippen LogP) is 3.53. The van der Waals surface area contributed by atoms with E-state index in [9.17, 15) is 18.4 Å². The maximum atomic E-state index is 13.6. The average Bonchev–Trinajstić information content (AvgIpc) is 2.62. The molecule has 6 nitrogen and oxygen atoms in total. The van der Waals surface area contributed by atoms with Gasteiger partial charge < -0.3 is 9.15 Å². The van der Waals surface area contributed by atoms with Crippen LogP contribution in [0.25, 0.3) is 0 Å². The largest absolute Gasteiger partial charge is 0.464 e. The number of nitrogens with zero attached hydrogens (tertiary/aromatic N) is 2. The molecule has 0 unspecified atom stereocenters. The number of aromatic nitrogens is 2. The third kappa shape index (κ3) is 4.56. The molecule has 0 aliphatic carbocycles. The molecule has 2 aromatic heterocycles. The van der Waals surface area contributed by atoms with Gasteiger partial charge in [-0.05, 0) is 25.1 Å². The summed E-state index contributed by atoms with van der Waals surface area (Å²) in [5.41, 5.74) is -0.739. The fraction of sp³-hybridized carbons (Fsp3) is 0.111. The molecular weight excluding hydrogens is 378 g/mol. The summed E-state index contributed by atoms with van der Waals surface area (Å²) in [5.74, 6) is -3.40. The average molecular weight is 390 g/mol. The Hall–Kier alpha value is -3.07. The Balaban J connectivity index is 1.71. The summed E-state index contributed by atoms with van der Waals surface area (Å²) in [6, 6.07) is 5.82. The lowest BCUT2D eigenvalue weighted by Gasteiger charge is -2.06. The number of thioether (sulfide) groups is 1. The van der Waals surface area contributed by atoms with Gasteiger partial charge in [0.05, 0.1) is 5.75 Å². The first kappa shape index (κ1) is 18.7. The molecule has 0 N–H and O–H groups in total. The zero-order valence-corrected chi connectivity index (χ0v) is 14.8. The van der Waals surface area contributed by atoms with Crippen molar-refractivity contribution in [2.24, 2.45) is 0 Å². The van der Waals surface area contributed by atoms with E-state index < -0.39 is 34.3 Å². The topological polar surface area (TPSA) is 82.3 Å². The lowest BCUT2D eigenvalue weighted by molar-refractivity contribution is 0.0718. The van der Waals surface area contributed by atoms with E-state index in [4.69, 9.17) is 9.15 Å². The quantitative estimate of drug-likeness (QED) is 0.374. The fourth-order valence-corrected chi connectivity index (χ4v) is 2.83. The van der Waals surface area contributed by atoms with E-state index in [1.54, 1.807) is 12.3 Å². The third-order valence-electron chi connectivity index (χ3n) is 3.34. The van der Waals surface area contributed by atoms with Crippen LogP contribution in [0.5, 0.6) is 5.75 Å². The van der Waals surface area contributed by atoms with Crippen LogP contribution in [0.15, 0.2) is 57.2 Å². The molecule has 0 amide bonds. The van der Waals surface area contributed by atoms with E-state index in [0.717, 1.165) is 36.2 Å². The smallest absolute Gasteiger partial charge is 0.349 e. The molecular formula is C18H12F2N2O4S. The van der Waals surface area contributed by atoms with Crippen molar-refractivity contribution in [2.75, 3.05) is 0 Å². The van der Waals surface area contributed by atoms with Crippen LogP contribution in [-0.4, -0.2) is 15.9 Å². The minimum absolute atomic E-state index is 0.273. The molecule has 0 radical (unpaired) electrons. The minimum atomic E-state index is -1.33. The summed E-state index contributed by atoms with van der Waals surface area (Å²) in [6.45, 7) is 1.83. The molecule has 3 aromatic rings. The van der Waals surface area contributed by atoms with Crippen molar-refractivity contribution in [3.8, 4) is 5.75 Å². The van der Waals surface area contributed by atoms with Crippen LogP contribution in [0.3, 0.4) is 0 Å². The van der Waals surface area contributed by atoms with Crippen molar-refractivity contribution in [1.82, 2.24) is 9.97 Å². The fourth-order valence-electron chi connectivity index (χ4n) is 2.06. The molecule has 0 atom stereocenters. The van der Waals surface area contributed by atoms with Crippen LogP contribution in [0.2, 0.25) is 0 Å². The maximum absolute atomic E-state index is 13.6. The summed E-state index contributed by atoms with van der Waals surface area (Å²) in [6.07, 6.45) is 2.54. The Kier molecular flexibility index (Phi) is 5.60. The van der Waals surface area contributed by atoms with Crippen LogP contribution in [-0.2, 0) is 5.75 Å². The monoisotopic (exact) mass is 390 g/mol. The molecule has 0 aliphatic rings. The van der Waals surface area contributed by atoms with E-state index >= 15 is 0 Å². The highest BCUT2D eigenvalue weighted by Gasteiger charge is 2.20. The number of benzene rings is 1. The molecule has 0 aliphatic heterocycles. The van der Waals surface area contributed by atoms with E-state index in [-0.39, 0.29) is 5.75 Å². The number of carbonyl (C=O) groups excluding carboxylic acids is 1. The number of halogens is 2. The van der Waals surface area contributed by atoms with Crippen molar-refractivity contribution in [2.45, 2.75) is 17.8 Å². The van der Waals surface area contributed by atoms with Crippen LogP contribution in [0.1, 0.15) is 21.8 Å². The zero-order chi connectivity index (χ0) is 19.4. The lowest BCUT2D eigenvalue weighted by Crippen LogP contribution is -2.17. The van der Waals surface area contributed by atoms with Crippen molar-refractivity contribution in [1.29, 1.82) is 0 Å². The van der Waals surface area contributed by atoms with Gasteiger partial charge in [0.25, 0.3) is 0 Å². The number of hydrogen-bond donors (Lipinski definition) is 0. The van der Waals surface area contributed by atoms with E-state index in [1.807, 2.05) is 6.92 Å². The van der Waals surface area contributed by atoms with Crippen LogP contribution in [0.4, 0.5) is 8.78 Å². The second kappa shape index (κ2) is 8.09. The van der Waals surface area contributed by atoms with Gasteiger partial charge in [0.15, 0.2) is 5.16 Å². The number of hydrogen-bond acceptors (Lipinski definition) is 7. The second-order valence-electron chi connectivity index (χ2n) is 5.33. The molecule has 3 rings (SSSR count). The molecule has 0 bridgehead atoms. The normalized spacial score (nSPS) is 10.6. The standard InChI is InChI=1S/C18H12F2N2O4S/c1-10-5-6-21-18(22-10)27-9-11-7-14(23)15(8-25-11)26-17(24)16-12(19)3-2-4-13(16)20/h2-8H,9H2,1H3. The van der Waals surface area contributed by atoms with Gasteiger partial charge >= 0.3 is 5.97 Å². The first-order valence-electron chi connectivity index (χ1n) is 7.64. The van der Waals surface area contributed by atoms with Crippen LogP contribution < -0.4 is 10.2 Å². The van der Waals surface area contributed by atoms with Gasteiger partial charge in [0.1, 0.15) is 29.2 Å². The minimum Gasteiger partial charge on any atom is -0.464 e. The van der Waals surface area contributed by atoms with Crippen LogP contribution in [0, 0.1) is 18.6 Å². The lowest BCUT2D eigenvalue weighted by atomic mass is 10.2. The van der Waals surface area contributed by atoms with Gasteiger partial charge in [-0.25, -0.2) is 23.5 Å². The maximum Gasteiger partial charge on any atom is 0.349 e. The molecule has 9 heteroatoms. The SMILES string of the molecule is Cc1ccnc(SCc2cc(=O)c(OC(=O)c3c(F)cccc3F)co2)n1. The molecule has 0 spiro atoms. The van der Waals surface area contributed by atoms with Gasteiger partial charge in [0, 0.05) is 18.0 Å². The highest BCUT2D eigenvalue weighted by atomic mass is 32.2. The molecule has 0 saturated heterocycles. The highest BCUT2D eigenvalue weighted by molar-refractivity contribution is 7.98. The number of esters is 1. The molecule has 1 aromatic carbocycles. The Labute approximate surface area is 156 Å². The van der Waals surface area contributed by atoms with Gasteiger partial charge in [-0.2, -0.15) is 0 Å². The van der Waals surface area contributed by atoms with E-state index in [2.05, 4.69) is 9.97 Å². The summed E-state index contributed by atoms with van der Waals surface area (Å²) < 4.78 is 37.2. The van der Waals surface area contributed by atoms with Crippen molar-refractivity contribution >= 4 is 17.7 Å². The summed E-state index contributed by atoms with van der Waals surface area (Å²) in [7, 11) is 0. The van der Waals surface area contributed by atoms with Crippen molar-refractivity contribution in [3.63, 3.8) is 0 Å². The molecule has 138 valence electrons. The molecule has 2 heterocycles. The number of aryl methyl sites for hydroxylation is 1. The predicted molar refractivity (Wildman–Crippen MR) is 92.6 cm³/mol. The first-order chi connectivity index (χ1) is 12.9. The zero-order valence-electron chi connectivity index (χ0n) is 13.9. The van der Waals surface area contributed by atoms with Gasteiger partial charge in [-0.15, -0.1) is 0 Å². The number of carbonyl (C=O) groups is 1. The third-order valence-corrected chi connectivity index (χ3v) is 4.22. The molecule has 0 saturated carbocycles. The Bertz CT molecular complexity index is 1040. The van der Waals surface area contributed by atoms with Crippen LogP contribution >= 0.6 is 11.8 Å². The Morgan fingerprint density at radius 2 is 2.00 bits per heavy atom. The Morgan fingerprint density at radius 1 is 1.26 bits per heavy atom. The van der Waals surface area contributed by atoms with E-state index in [1.165, 1.54) is 11.8 Å². The highest BCUT2D eigenvalue weighted by Crippen LogP contribution is 2.20. The number of rotatable bonds is 5. The summed E-state index contributed by atoms with van der Waals surface area (Å²) in [4.78, 5) is 32.3. The first-order valence-corrected chi connectivity index (χ1v) is 8.63. The number of ether oxygens (including phenoxy) is 1. The molecule has 0 fully saturated rings. The van der Waals surface area contributed by atoms with Gasteiger partial charge in [-0.3, -0.25) is 4.79 Å². The summed E-state index contributed by atoms with van der Waals surface area (Å²) in [5, 5.41) is 0.517. The molecule has 27 heavy (non-hydrogen) atoms. The van der Waals surface area contributed by atoms with Crippen molar-refractivity contribution in [3.05, 3.63) is 81.7 Å². The second-order valence-corrected chi connectivity index (χ2v) is 6.27. The summed E-state index contributed by atoms with van der Waals surface area (Å²) >= 11 is 1.26. The van der Waals surface area contributed by atoms with Crippen molar-refractivity contribution < 1.29 is 22.7 Å².